The summed E-state index contributed by atoms with van der Waals surface area (Å²) in [6, 6.07) is 10.4. The molecule has 1 aliphatic heterocycles. The lowest BCUT2D eigenvalue weighted by molar-refractivity contribution is -0.122. The van der Waals surface area contributed by atoms with E-state index in [-0.39, 0.29) is 24.8 Å². The normalized spacial score (nSPS) is 16.1. The molecule has 1 N–H and O–H groups in total. The van der Waals surface area contributed by atoms with Gasteiger partial charge < -0.3 is 24.4 Å². The Morgan fingerprint density at radius 3 is 2.32 bits per heavy atom. The highest BCUT2D eigenvalue weighted by Crippen LogP contribution is 2.40. The van der Waals surface area contributed by atoms with Gasteiger partial charge in [-0.05, 0) is 12.1 Å². The molecular formula is C20H21ClN2O5. The molecule has 1 heterocycles. The van der Waals surface area contributed by atoms with E-state index < -0.39 is 5.92 Å². The number of carbonyl (C=O) groups excluding carboxylic acids is 2. The van der Waals surface area contributed by atoms with Gasteiger partial charge in [0.25, 0.3) is 0 Å². The second kappa shape index (κ2) is 8.39. The topological polar surface area (TPSA) is 77.1 Å². The van der Waals surface area contributed by atoms with Crippen LogP contribution in [0.25, 0.3) is 0 Å². The molecule has 7 nitrogen and oxygen atoms in total. The first-order valence-electron chi connectivity index (χ1n) is 8.64. The summed E-state index contributed by atoms with van der Waals surface area (Å²) < 4.78 is 15.9. The number of rotatable bonds is 6. The molecule has 2 aromatic carbocycles. The minimum absolute atomic E-state index is 0.113. The number of nitrogens with one attached hydrogen (secondary N) is 1. The van der Waals surface area contributed by atoms with Gasteiger partial charge in [-0.15, -0.1) is 0 Å². The van der Waals surface area contributed by atoms with Crippen LogP contribution in [0.2, 0.25) is 5.02 Å². The lowest BCUT2D eigenvalue weighted by Crippen LogP contribution is -2.28. The number of carbonyl (C=O) groups is 2. The first-order chi connectivity index (χ1) is 13.5. The average molecular weight is 405 g/mol. The maximum atomic E-state index is 12.7. The van der Waals surface area contributed by atoms with E-state index in [9.17, 15) is 9.59 Å². The van der Waals surface area contributed by atoms with E-state index in [1.165, 1.54) is 21.3 Å². The van der Waals surface area contributed by atoms with Gasteiger partial charge in [-0.1, -0.05) is 23.7 Å². The van der Waals surface area contributed by atoms with E-state index in [0.717, 1.165) is 0 Å². The maximum absolute atomic E-state index is 12.7. The van der Waals surface area contributed by atoms with Crippen molar-refractivity contribution >= 4 is 34.8 Å². The number of hydrogen-bond donors (Lipinski definition) is 1. The summed E-state index contributed by atoms with van der Waals surface area (Å²) in [6.07, 6.45) is 0.113. The highest BCUT2D eigenvalue weighted by molar-refractivity contribution is 6.33. The van der Waals surface area contributed by atoms with Crippen LogP contribution in [-0.2, 0) is 9.59 Å². The van der Waals surface area contributed by atoms with Gasteiger partial charge in [0.2, 0.25) is 17.6 Å². The molecule has 2 amide bonds. The van der Waals surface area contributed by atoms with Crippen molar-refractivity contribution in [3.8, 4) is 17.2 Å². The number of nitrogens with zero attached hydrogens (tertiary/aromatic N) is 1. The number of hydrogen-bond acceptors (Lipinski definition) is 5. The Balaban J connectivity index is 1.77. The summed E-state index contributed by atoms with van der Waals surface area (Å²) >= 11 is 6.19. The zero-order valence-corrected chi connectivity index (χ0v) is 16.6. The number of anilines is 2. The van der Waals surface area contributed by atoms with Crippen LogP contribution in [0.1, 0.15) is 6.42 Å². The zero-order chi connectivity index (χ0) is 20.3. The van der Waals surface area contributed by atoms with E-state index in [1.54, 1.807) is 41.3 Å². The van der Waals surface area contributed by atoms with Gasteiger partial charge in [0.15, 0.2) is 11.5 Å². The molecule has 28 heavy (non-hydrogen) atoms. The van der Waals surface area contributed by atoms with Crippen molar-refractivity contribution < 1.29 is 23.8 Å². The molecule has 1 fully saturated rings. The van der Waals surface area contributed by atoms with Crippen molar-refractivity contribution in [3.05, 3.63) is 41.4 Å². The molecule has 0 saturated carbocycles. The van der Waals surface area contributed by atoms with Gasteiger partial charge in [-0.2, -0.15) is 0 Å². The molecule has 2 aromatic rings. The zero-order valence-electron chi connectivity index (χ0n) is 15.8. The predicted octanol–water partition coefficient (Wildman–Crippen LogP) is 3.36. The van der Waals surface area contributed by atoms with E-state index in [0.29, 0.717) is 33.6 Å². The average Bonchev–Trinajstić information content (AvgIpc) is 3.09. The van der Waals surface area contributed by atoms with Crippen LogP contribution in [0.4, 0.5) is 11.4 Å². The van der Waals surface area contributed by atoms with Gasteiger partial charge in [-0.25, -0.2) is 0 Å². The highest BCUT2D eigenvalue weighted by Gasteiger charge is 2.36. The Bertz CT molecular complexity index is 877. The molecule has 3 rings (SSSR count). The quantitative estimate of drug-likeness (QED) is 0.798. The third-order valence-electron chi connectivity index (χ3n) is 4.57. The summed E-state index contributed by atoms with van der Waals surface area (Å²) in [5.74, 6) is 0.386. The van der Waals surface area contributed by atoms with Crippen molar-refractivity contribution in [1.82, 2.24) is 0 Å². The van der Waals surface area contributed by atoms with Crippen LogP contribution in [0, 0.1) is 5.92 Å². The second-order valence-electron chi connectivity index (χ2n) is 6.26. The van der Waals surface area contributed by atoms with Gasteiger partial charge >= 0.3 is 0 Å². The highest BCUT2D eigenvalue weighted by atomic mass is 35.5. The molecule has 0 aliphatic carbocycles. The molecule has 1 aliphatic rings. The largest absolute Gasteiger partial charge is 0.493 e. The van der Waals surface area contributed by atoms with Crippen molar-refractivity contribution in [1.29, 1.82) is 0 Å². The predicted molar refractivity (Wildman–Crippen MR) is 107 cm³/mol. The smallest absolute Gasteiger partial charge is 0.229 e. The van der Waals surface area contributed by atoms with Gasteiger partial charge in [0.1, 0.15) is 0 Å². The second-order valence-corrected chi connectivity index (χ2v) is 6.67. The molecule has 148 valence electrons. The Morgan fingerprint density at radius 2 is 1.75 bits per heavy atom. The molecule has 8 heteroatoms. The number of para-hydroxylation sites is 1. The molecule has 0 unspecified atom stereocenters. The van der Waals surface area contributed by atoms with Gasteiger partial charge in [-0.3, -0.25) is 9.59 Å². The molecule has 0 aromatic heterocycles. The summed E-state index contributed by atoms with van der Waals surface area (Å²) in [4.78, 5) is 26.7. The van der Waals surface area contributed by atoms with Gasteiger partial charge in [0, 0.05) is 30.8 Å². The first-order valence-corrected chi connectivity index (χ1v) is 9.02. The van der Waals surface area contributed by atoms with Crippen molar-refractivity contribution in [3.63, 3.8) is 0 Å². The van der Waals surface area contributed by atoms with E-state index in [2.05, 4.69) is 5.32 Å². The lowest BCUT2D eigenvalue weighted by atomic mass is 10.1. The van der Waals surface area contributed by atoms with Gasteiger partial charge in [0.05, 0.1) is 38.0 Å². The fourth-order valence-electron chi connectivity index (χ4n) is 3.18. The first kappa shape index (κ1) is 19.8. The van der Waals surface area contributed by atoms with Crippen LogP contribution in [0.15, 0.2) is 36.4 Å². The lowest BCUT2D eigenvalue weighted by Gasteiger charge is -2.18. The van der Waals surface area contributed by atoms with E-state index in [4.69, 9.17) is 25.8 Å². The number of methoxy groups -OCH3 is 3. The monoisotopic (exact) mass is 404 g/mol. The number of halogens is 1. The molecule has 1 atom stereocenters. The van der Waals surface area contributed by atoms with Crippen LogP contribution in [-0.4, -0.2) is 39.7 Å². The Hall–Kier alpha value is -2.93. The third-order valence-corrected chi connectivity index (χ3v) is 4.89. The summed E-state index contributed by atoms with van der Waals surface area (Å²) in [6.45, 7) is 0.263. The minimum Gasteiger partial charge on any atom is -0.493 e. The van der Waals surface area contributed by atoms with Crippen LogP contribution in [0.5, 0.6) is 17.2 Å². The summed E-state index contributed by atoms with van der Waals surface area (Å²) in [5.41, 5.74) is 1.10. The third kappa shape index (κ3) is 3.84. The fourth-order valence-corrected chi connectivity index (χ4v) is 3.42. The molecule has 0 bridgehead atoms. The Morgan fingerprint density at radius 1 is 1.11 bits per heavy atom. The van der Waals surface area contributed by atoms with Crippen molar-refractivity contribution in [2.75, 3.05) is 38.1 Å². The fraction of sp³-hybridized carbons (Fsp3) is 0.300. The molecular weight excluding hydrogens is 384 g/mol. The van der Waals surface area contributed by atoms with Crippen molar-refractivity contribution in [2.45, 2.75) is 6.42 Å². The van der Waals surface area contributed by atoms with Crippen LogP contribution < -0.4 is 24.4 Å². The van der Waals surface area contributed by atoms with Crippen molar-refractivity contribution in [2.24, 2.45) is 5.92 Å². The maximum Gasteiger partial charge on any atom is 0.229 e. The standard InChI is InChI=1S/C20H21ClN2O5/c1-26-16-9-13(10-17(27-2)19(16)28-3)22-20(25)12-8-18(24)23(11-12)15-7-5-4-6-14(15)21/h4-7,9-10,12H,8,11H2,1-3H3,(H,22,25)/t12-/m1/s1. The molecule has 0 radical (unpaired) electrons. The van der Waals surface area contributed by atoms with Crippen LogP contribution in [0.3, 0.4) is 0 Å². The number of ether oxygens (including phenoxy) is 3. The molecule has 1 saturated heterocycles. The minimum atomic E-state index is -0.497. The summed E-state index contributed by atoms with van der Waals surface area (Å²) in [5, 5.41) is 3.30. The van der Waals surface area contributed by atoms with E-state index in [1.807, 2.05) is 0 Å². The van der Waals surface area contributed by atoms with E-state index >= 15 is 0 Å². The number of benzene rings is 2. The SMILES string of the molecule is COc1cc(NC(=O)[C@@H]2CC(=O)N(c3ccccc3Cl)C2)cc(OC)c1OC. The summed E-state index contributed by atoms with van der Waals surface area (Å²) in [7, 11) is 4.51. The Labute approximate surface area is 168 Å². The molecule has 0 spiro atoms. The number of amides is 2. The van der Waals surface area contributed by atoms with Crippen LogP contribution >= 0.6 is 11.6 Å². The Kier molecular flexibility index (Phi) is 5.94.